The molecule has 2 aromatic carbocycles. The first-order valence-corrected chi connectivity index (χ1v) is 8.05. The second-order valence-electron chi connectivity index (χ2n) is 5.49. The number of aryl methyl sites for hydroxylation is 3. The largest absolute Gasteiger partial charge is 0.319 e. The van der Waals surface area contributed by atoms with E-state index < -0.39 is 0 Å². The average molecular weight is 310 g/mol. The van der Waals surface area contributed by atoms with Gasteiger partial charge in [0.1, 0.15) is 0 Å². The fraction of sp³-hybridized carbons (Fsp3) is 0.222. The Balaban J connectivity index is 2.03. The summed E-state index contributed by atoms with van der Waals surface area (Å²) in [4.78, 5) is 17.3. The number of carbonyl (C=O) groups excluding carboxylic acids is 1. The van der Waals surface area contributed by atoms with Crippen molar-refractivity contribution < 1.29 is 4.79 Å². The van der Waals surface area contributed by atoms with E-state index in [9.17, 15) is 4.79 Å². The highest BCUT2D eigenvalue weighted by molar-refractivity contribution is 7.16. The summed E-state index contributed by atoms with van der Waals surface area (Å²) in [6, 6.07) is 14.0. The quantitative estimate of drug-likeness (QED) is 0.713. The summed E-state index contributed by atoms with van der Waals surface area (Å²) in [5.41, 5.74) is 4.58. The molecule has 0 aliphatic carbocycles. The van der Waals surface area contributed by atoms with Crippen molar-refractivity contribution in [1.82, 2.24) is 4.57 Å². The molecular weight excluding hydrogens is 292 g/mol. The van der Waals surface area contributed by atoms with E-state index in [-0.39, 0.29) is 5.91 Å². The fourth-order valence-corrected chi connectivity index (χ4v) is 3.77. The SMILES string of the molecule is Cc1ccc(C)c2c1sc(=NC(=O)Cc1ccccc1)n2C. The van der Waals surface area contributed by atoms with Crippen LogP contribution in [0.3, 0.4) is 0 Å². The van der Waals surface area contributed by atoms with Crippen molar-refractivity contribution in [3.8, 4) is 0 Å². The van der Waals surface area contributed by atoms with E-state index >= 15 is 0 Å². The minimum absolute atomic E-state index is 0.108. The van der Waals surface area contributed by atoms with Crippen LogP contribution in [0.1, 0.15) is 16.7 Å². The summed E-state index contributed by atoms with van der Waals surface area (Å²) in [5.74, 6) is -0.108. The third-order valence-corrected chi connectivity index (χ3v) is 5.03. The van der Waals surface area contributed by atoms with Crippen molar-refractivity contribution in [1.29, 1.82) is 0 Å². The van der Waals surface area contributed by atoms with Gasteiger partial charge in [0.25, 0.3) is 5.91 Å². The molecule has 0 saturated carbocycles. The first-order valence-electron chi connectivity index (χ1n) is 7.23. The Morgan fingerprint density at radius 3 is 2.45 bits per heavy atom. The van der Waals surface area contributed by atoms with Gasteiger partial charge in [-0.15, -0.1) is 0 Å². The molecule has 0 unspecified atom stereocenters. The second-order valence-corrected chi connectivity index (χ2v) is 6.47. The van der Waals surface area contributed by atoms with Crippen molar-refractivity contribution in [2.45, 2.75) is 20.3 Å². The smallest absolute Gasteiger partial charge is 0.252 e. The van der Waals surface area contributed by atoms with Gasteiger partial charge >= 0.3 is 0 Å². The van der Waals surface area contributed by atoms with Crippen LogP contribution in [-0.4, -0.2) is 10.5 Å². The van der Waals surface area contributed by atoms with Crippen LogP contribution >= 0.6 is 11.3 Å². The lowest BCUT2D eigenvalue weighted by molar-refractivity contribution is -0.117. The van der Waals surface area contributed by atoms with E-state index in [0.717, 1.165) is 15.9 Å². The molecule has 0 spiro atoms. The highest BCUT2D eigenvalue weighted by atomic mass is 32.1. The molecule has 1 heterocycles. The molecular formula is C18H18N2OS. The summed E-state index contributed by atoms with van der Waals surface area (Å²) >= 11 is 1.58. The van der Waals surface area contributed by atoms with Crippen LogP contribution in [0.4, 0.5) is 0 Å². The molecule has 3 aromatic rings. The Kier molecular flexibility index (Phi) is 3.94. The Morgan fingerprint density at radius 1 is 1.09 bits per heavy atom. The first-order chi connectivity index (χ1) is 10.6. The maximum absolute atomic E-state index is 12.2. The predicted molar refractivity (Wildman–Crippen MR) is 91.0 cm³/mol. The van der Waals surface area contributed by atoms with Gasteiger partial charge in [-0.25, -0.2) is 0 Å². The third-order valence-electron chi connectivity index (χ3n) is 3.76. The summed E-state index contributed by atoms with van der Waals surface area (Å²) in [6.07, 6.45) is 0.340. The zero-order chi connectivity index (χ0) is 15.7. The number of amides is 1. The molecule has 3 rings (SSSR count). The summed E-state index contributed by atoms with van der Waals surface area (Å²) in [5, 5.41) is 0. The number of hydrogen-bond acceptors (Lipinski definition) is 2. The molecule has 22 heavy (non-hydrogen) atoms. The molecule has 0 atom stereocenters. The summed E-state index contributed by atoms with van der Waals surface area (Å²) in [6.45, 7) is 4.18. The van der Waals surface area contributed by atoms with Crippen LogP contribution in [-0.2, 0) is 18.3 Å². The van der Waals surface area contributed by atoms with Crippen molar-refractivity contribution in [2.75, 3.05) is 0 Å². The van der Waals surface area contributed by atoms with Gasteiger partial charge in [0.2, 0.25) is 0 Å². The molecule has 112 valence electrons. The number of benzene rings is 2. The highest BCUT2D eigenvalue weighted by Crippen LogP contribution is 2.23. The molecule has 3 nitrogen and oxygen atoms in total. The summed E-state index contributed by atoms with van der Waals surface area (Å²) < 4.78 is 3.22. The molecule has 0 aliphatic heterocycles. The van der Waals surface area contributed by atoms with Gasteiger partial charge in [-0.2, -0.15) is 4.99 Å². The van der Waals surface area contributed by atoms with Crippen LogP contribution in [0.5, 0.6) is 0 Å². The topological polar surface area (TPSA) is 34.4 Å². The summed E-state index contributed by atoms with van der Waals surface area (Å²) in [7, 11) is 1.97. The Labute approximate surface area is 133 Å². The molecule has 0 bridgehead atoms. The lowest BCUT2D eigenvalue weighted by Crippen LogP contribution is -2.14. The number of carbonyl (C=O) groups is 1. The number of rotatable bonds is 2. The molecule has 0 saturated heterocycles. The van der Waals surface area contributed by atoms with E-state index in [0.29, 0.717) is 6.42 Å². The molecule has 0 N–H and O–H groups in total. The number of nitrogens with zero attached hydrogens (tertiary/aromatic N) is 2. The van der Waals surface area contributed by atoms with Crippen LogP contribution < -0.4 is 4.80 Å². The van der Waals surface area contributed by atoms with Crippen LogP contribution in [0, 0.1) is 13.8 Å². The fourth-order valence-electron chi connectivity index (χ4n) is 2.59. The lowest BCUT2D eigenvalue weighted by Gasteiger charge is -2.01. The van der Waals surface area contributed by atoms with E-state index in [2.05, 4.69) is 31.0 Å². The molecule has 0 radical (unpaired) electrons. The van der Waals surface area contributed by atoms with Gasteiger partial charge in [-0.1, -0.05) is 53.8 Å². The third kappa shape index (κ3) is 2.74. The zero-order valence-corrected chi connectivity index (χ0v) is 13.8. The Morgan fingerprint density at radius 2 is 1.77 bits per heavy atom. The normalized spacial score (nSPS) is 12.0. The predicted octanol–water partition coefficient (Wildman–Crippen LogP) is 3.53. The van der Waals surface area contributed by atoms with Gasteiger partial charge in [0.15, 0.2) is 4.80 Å². The number of hydrogen-bond donors (Lipinski definition) is 0. The van der Waals surface area contributed by atoms with Gasteiger partial charge in [-0.3, -0.25) is 4.79 Å². The molecule has 0 fully saturated rings. The lowest BCUT2D eigenvalue weighted by atomic mass is 10.1. The van der Waals surface area contributed by atoms with Gasteiger partial charge < -0.3 is 4.57 Å². The number of fused-ring (bicyclic) bond motifs is 1. The minimum Gasteiger partial charge on any atom is -0.319 e. The first kappa shape index (κ1) is 14.7. The van der Waals surface area contributed by atoms with Crippen molar-refractivity contribution >= 4 is 27.5 Å². The van der Waals surface area contributed by atoms with Crippen LogP contribution in [0.2, 0.25) is 0 Å². The molecule has 1 amide bonds. The van der Waals surface area contributed by atoms with E-state index in [1.54, 1.807) is 11.3 Å². The van der Waals surface area contributed by atoms with E-state index in [1.807, 2.05) is 41.9 Å². The Hall–Kier alpha value is -2.20. The van der Waals surface area contributed by atoms with Crippen LogP contribution in [0.25, 0.3) is 10.2 Å². The molecule has 1 aromatic heterocycles. The van der Waals surface area contributed by atoms with Crippen molar-refractivity contribution in [3.63, 3.8) is 0 Å². The Bertz CT molecular complexity index is 904. The maximum atomic E-state index is 12.2. The highest BCUT2D eigenvalue weighted by Gasteiger charge is 2.09. The van der Waals surface area contributed by atoms with Crippen LogP contribution in [0.15, 0.2) is 47.5 Å². The van der Waals surface area contributed by atoms with E-state index in [1.165, 1.54) is 15.8 Å². The number of aromatic nitrogens is 1. The monoisotopic (exact) mass is 310 g/mol. The van der Waals surface area contributed by atoms with Gasteiger partial charge in [-0.05, 0) is 30.5 Å². The molecule has 4 heteroatoms. The standard InChI is InChI=1S/C18H18N2OS/c1-12-9-10-13(2)17-16(12)20(3)18(22-17)19-15(21)11-14-7-5-4-6-8-14/h4-10H,11H2,1-3H3. The maximum Gasteiger partial charge on any atom is 0.252 e. The van der Waals surface area contributed by atoms with Gasteiger partial charge in [0.05, 0.1) is 16.6 Å². The number of thiazole rings is 1. The van der Waals surface area contributed by atoms with Crippen molar-refractivity contribution in [3.05, 3.63) is 64.0 Å². The average Bonchev–Trinajstić information content (AvgIpc) is 2.82. The van der Waals surface area contributed by atoms with Crippen molar-refractivity contribution in [2.24, 2.45) is 12.0 Å². The van der Waals surface area contributed by atoms with E-state index in [4.69, 9.17) is 0 Å². The zero-order valence-electron chi connectivity index (χ0n) is 13.0. The molecule has 0 aliphatic rings. The van der Waals surface area contributed by atoms with Gasteiger partial charge in [0, 0.05) is 7.05 Å². The minimum atomic E-state index is -0.108. The second kappa shape index (κ2) is 5.89.